The van der Waals surface area contributed by atoms with Crippen LogP contribution in [0.25, 0.3) is 0 Å². The van der Waals surface area contributed by atoms with E-state index < -0.39 is 0 Å². The van der Waals surface area contributed by atoms with Crippen LogP contribution in [0.4, 0.5) is 0 Å². The largest absolute Gasteiger partial charge is 0.348 e. The standard InChI is InChI=1S/C11H16N4O2/c1-8(9-2-4-13-5-3-9)15-11(17)7-14-10(16)6-12/h2-5,8H,6-7,12H2,1H3,(H,14,16)(H,15,17)/t8-/m1/s1. The summed E-state index contributed by atoms with van der Waals surface area (Å²) in [6, 6.07) is 3.52. The SMILES string of the molecule is C[C@@H](NC(=O)CNC(=O)CN)c1ccncc1. The Morgan fingerprint density at radius 3 is 2.59 bits per heavy atom. The Morgan fingerprint density at radius 1 is 1.35 bits per heavy atom. The van der Waals surface area contributed by atoms with Crippen LogP contribution < -0.4 is 16.4 Å². The highest BCUT2D eigenvalue weighted by molar-refractivity contribution is 5.85. The van der Waals surface area contributed by atoms with E-state index in [2.05, 4.69) is 15.6 Å². The van der Waals surface area contributed by atoms with Gasteiger partial charge in [0.05, 0.1) is 19.1 Å². The normalized spacial score (nSPS) is 11.6. The van der Waals surface area contributed by atoms with Crippen LogP contribution in [0.5, 0.6) is 0 Å². The molecule has 0 spiro atoms. The number of carbonyl (C=O) groups is 2. The van der Waals surface area contributed by atoms with Crippen molar-refractivity contribution in [2.75, 3.05) is 13.1 Å². The minimum atomic E-state index is -0.350. The van der Waals surface area contributed by atoms with Crippen molar-refractivity contribution in [1.82, 2.24) is 15.6 Å². The minimum Gasteiger partial charge on any atom is -0.348 e. The number of hydrogen-bond donors (Lipinski definition) is 3. The number of nitrogens with two attached hydrogens (primary N) is 1. The van der Waals surface area contributed by atoms with E-state index in [9.17, 15) is 9.59 Å². The molecule has 0 fully saturated rings. The van der Waals surface area contributed by atoms with Gasteiger partial charge in [-0.05, 0) is 24.6 Å². The van der Waals surface area contributed by atoms with Crippen LogP contribution in [0.1, 0.15) is 18.5 Å². The van der Waals surface area contributed by atoms with Crippen molar-refractivity contribution in [3.63, 3.8) is 0 Å². The molecule has 6 nitrogen and oxygen atoms in total. The van der Waals surface area contributed by atoms with E-state index in [0.717, 1.165) is 5.56 Å². The van der Waals surface area contributed by atoms with Crippen molar-refractivity contribution in [3.8, 4) is 0 Å². The number of rotatable bonds is 5. The summed E-state index contributed by atoms with van der Waals surface area (Å²) in [5, 5.41) is 5.15. The number of carbonyl (C=O) groups excluding carboxylic acids is 2. The molecule has 1 atom stereocenters. The van der Waals surface area contributed by atoms with E-state index in [1.807, 2.05) is 19.1 Å². The number of hydrogen-bond acceptors (Lipinski definition) is 4. The molecule has 1 heterocycles. The fourth-order valence-corrected chi connectivity index (χ4v) is 1.28. The average molecular weight is 236 g/mol. The van der Waals surface area contributed by atoms with Crippen LogP contribution in [0, 0.1) is 0 Å². The van der Waals surface area contributed by atoms with Crippen LogP contribution in [0.2, 0.25) is 0 Å². The lowest BCUT2D eigenvalue weighted by Crippen LogP contribution is -2.40. The molecule has 2 amide bonds. The first-order valence-electron chi connectivity index (χ1n) is 5.29. The molecule has 0 saturated carbocycles. The molecule has 0 bridgehead atoms. The molecular formula is C11H16N4O2. The van der Waals surface area contributed by atoms with Crippen LogP contribution >= 0.6 is 0 Å². The molecule has 1 aromatic heterocycles. The molecule has 1 aromatic rings. The van der Waals surface area contributed by atoms with E-state index in [1.54, 1.807) is 12.4 Å². The quantitative estimate of drug-likeness (QED) is 0.632. The first kappa shape index (κ1) is 13.1. The minimum absolute atomic E-state index is 0.0640. The zero-order chi connectivity index (χ0) is 12.7. The highest BCUT2D eigenvalue weighted by Crippen LogP contribution is 2.09. The summed E-state index contributed by atoms with van der Waals surface area (Å²) in [6.07, 6.45) is 3.32. The third-order valence-corrected chi connectivity index (χ3v) is 2.22. The Balaban J connectivity index is 2.39. The Morgan fingerprint density at radius 2 is 2.00 bits per heavy atom. The number of pyridine rings is 1. The van der Waals surface area contributed by atoms with Gasteiger partial charge in [0.1, 0.15) is 0 Å². The summed E-state index contributed by atoms with van der Waals surface area (Å²) in [6.45, 7) is 1.68. The van der Waals surface area contributed by atoms with Gasteiger partial charge in [-0.25, -0.2) is 0 Å². The van der Waals surface area contributed by atoms with Gasteiger partial charge in [-0.15, -0.1) is 0 Å². The van der Waals surface area contributed by atoms with Crippen molar-refractivity contribution in [2.45, 2.75) is 13.0 Å². The summed E-state index contributed by atoms with van der Waals surface area (Å²) in [5.41, 5.74) is 6.06. The van der Waals surface area contributed by atoms with Crippen molar-refractivity contribution >= 4 is 11.8 Å². The first-order valence-corrected chi connectivity index (χ1v) is 5.29. The highest BCUT2D eigenvalue weighted by Gasteiger charge is 2.09. The zero-order valence-corrected chi connectivity index (χ0v) is 9.64. The fourth-order valence-electron chi connectivity index (χ4n) is 1.28. The smallest absolute Gasteiger partial charge is 0.239 e. The van der Waals surface area contributed by atoms with Gasteiger partial charge in [-0.1, -0.05) is 0 Å². The van der Waals surface area contributed by atoms with Crippen molar-refractivity contribution in [3.05, 3.63) is 30.1 Å². The van der Waals surface area contributed by atoms with E-state index in [-0.39, 0.29) is 30.9 Å². The van der Waals surface area contributed by atoms with Gasteiger partial charge in [0.15, 0.2) is 0 Å². The number of nitrogens with one attached hydrogen (secondary N) is 2. The third kappa shape index (κ3) is 4.60. The van der Waals surface area contributed by atoms with Crippen molar-refractivity contribution in [1.29, 1.82) is 0 Å². The molecule has 0 aliphatic rings. The Hall–Kier alpha value is -1.95. The fraction of sp³-hybridized carbons (Fsp3) is 0.364. The summed E-state index contributed by atoms with van der Waals surface area (Å²) < 4.78 is 0. The second-order valence-electron chi connectivity index (χ2n) is 3.55. The Labute approximate surface area is 99.6 Å². The summed E-state index contributed by atoms with van der Waals surface area (Å²) in [7, 11) is 0. The maximum atomic E-state index is 11.5. The van der Waals surface area contributed by atoms with E-state index in [1.165, 1.54) is 0 Å². The third-order valence-electron chi connectivity index (χ3n) is 2.22. The first-order chi connectivity index (χ1) is 8.13. The molecule has 4 N–H and O–H groups in total. The van der Waals surface area contributed by atoms with E-state index >= 15 is 0 Å². The predicted molar refractivity (Wildman–Crippen MR) is 62.9 cm³/mol. The molecule has 0 aliphatic heterocycles. The molecule has 1 rings (SSSR count). The molecule has 0 unspecified atom stereocenters. The van der Waals surface area contributed by atoms with Gasteiger partial charge < -0.3 is 16.4 Å². The lowest BCUT2D eigenvalue weighted by Gasteiger charge is -2.14. The van der Waals surface area contributed by atoms with Gasteiger partial charge in [0.25, 0.3) is 0 Å². The monoisotopic (exact) mass is 236 g/mol. The van der Waals surface area contributed by atoms with Gasteiger partial charge in [0, 0.05) is 12.4 Å². The molecule has 0 saturated heterocycles. The van der Waals surface area contributed by atoms with Crippen molar-refractivity contribution in [2.24, 2.45) is 5.73 Å². The molecular weight excluding hydrogens is 220 g/mol. The molecule has 17 heavy (non-hydrogen) atoms. The van der Waals surface area contributed by atoms with Crippen LogP contribution in [0.15, 0.2) is 24.5 Å². The molecule has 0 radical (unpaired) electrons. The lowest BCUT2D eigenvalue weighted by molar-refractivity contribution is -0.125. The topological polar surface area (TPSA) is 97.1 Å². The molecule has 6 heteroatoms. The predicted octanol–water partition coefficient (Wildman–Crippen LogP) is -0.666. The summed E-state index contributed by atoms with van der Waals surface area (Å²) >= 11 is 0. The second kappa shape index (κ2) is 6.59. The van der Waals surface area contributed by atoms with Gasteiger partial charge in [0.2, 0.25) is 11.8 Å². The second-order valence-corrected chi connectivity index (χ2v) is 3.55. The van der Waals surface area contributed by atoms with Crippen LogP contribution in [0.3, 0.4) is 0 Å². The van der Waals surface area contributed by atoms with Gasteiger partial charge in [-0.2, -0.15) is 0 Å². The summed E-state index contributed by atoms with van der Waals surface area (Å²) in [5.74, 6) is -0.604. The van der Waals surface area contributed by atoms with E-state index in [4.69, 9.17) is 5.73 Å². The van der Waals surface area contributed by atoms with E-state index in [0.29, 0.717) is 0 Å². The van der Waals surface area contributed by atoms with Gasteiger partial charge >= 0.3 is 0 Å². The Bertz CT molecular complexity index is 380. The molecule has 0 aromatic carbocycles. The number of nitrogens with zero attached hydrogens (tertiary/aromatic N) is 1. The maximum absolute atomic E-state index is 11.5. The lowest BCUT2D eigenvalue weighted by atomic mass is 10.1. The highest BCUT2D eigenvalue weighted by atomic mass is 16.2. The summed E-state index contributed by atoms with van der Waals surface area (Å²) in [4.78, 5) is 26.2. The number of aromatic nitrogens is 1. The maximum Gasteiger partial charge on any atom is 0.239 e. The number of amides is 2. The van der Waals surface area contributed by atoms with Crippen LogP contribution in [-0.4, -0.2) is 29.9 Å². The average Bonchev–Trinajstić information content (AvgIpc) is 2.36. The van der Waals surface area contributed by atoms with Crippen LogP contribution in [-0.2, 0) is 9.59 Å². The van der Waals surface area contributed by atoms with Crippen molar-refractivity contribution < 1.29 is 9.59 Å². The zero-order valence-electron chi connectivity index (χ0n) is 9.64. The Kier molecular flexibility index (Phi) is 5.09. The van der Waals surface area contributed by atoms with Gasteiger partial charge in [-0.3, -0.25) is 14.6 Å². The molecule has 0 aliphatic carbocycles. The molecule has 92 valence electrons.